The summed E-state index contributed by atoms with van der Waals surface area (Å²) in [6.45, 7) is 0. The molecule has 0 aliphatic carbocycles. The highest BCUT2D eigenvalue weighted by molar-refractivity contribution is 6.00. The van der Waals surface area contributed by atoms with Crippen molar-refractivity contribution in [2.24, 2.45) is 0 Å². The summed E-state index contributed by atoms with van der Waals surface area (Å²) in [5, 5.41) is 2.07. The maximum Gasteiger partial charge on any atom is 0.119 e. The van der Waals surface area contributed by atoms with Crippen molar-refractivity contribution in [2.75, 3.05) is 12.8 Å². The van der Waals surface area contributed by atoms with Gasteiger partial charge in [-0.1, -0.05) is 24.3 Å². The first kappa shape index (κ1) is 11.5. The van der Waals surface area contributed by atoms with Crippen molar-refractivity contribution in [1.82, 2.24) is 4.98 Å². The number of hydrogen-bond acceptors (Lipinski definition) is 3. The summed E-state index contributed by atoms with van der Waals surface area (Å²) in [6.07, 6.45) is 3.58. The van der Waals surface area contributed by atoms with Gasteiger partial charge in [0.25, 0.3) is 0 Å². The molecule has 0 unspecified atom stereocenters. The molecule has 0 saturated carbocycles. The second kappa shape index (κ2) is 4.61. The van der Waals surface area contributed by atoms with Gasteiger partial charge in [-0.3, -0.25) is 4.98 Å². The first-order valence-electron chi connectivity index (χ1n) is 6.06. The number of anilines is 1. The van der Waals surface area contributed by atoms with E-state index in [-0.39, 0.29) is 0 Å². The molecule has 3 rings (SSSR count). The maximum atomic E-state index is 6.27. The van der Waals surface area contributed by atoms with E-state index in [4.69, 9.17) is 10.5 Å². The number of pyridine rings is 1. The Morgan fingerprint density at radius 3 is 2.84 bits per heavy atom. The Labute approximate surface area is 111 Å². The fraction of sp³-hybridized carbons (Fsp3) is 0.0625. The lowest BCUT2D eigenvalue weighted by Gasteiger charge is -2.10. The van der Waals surface area contributed by atoms with E-state index in [0.29, 0.717) is 0 Å². The molecule has 0 amide bonds. The fourth-order valence-corrected chi connectivity index (χ4v) is 2.24. The summed E-state index contributed by atoms with van der Waals surface area (Å²) in [5.74, 6) is 0.826. The molecule has 2 aromatic carbocycles. The van der Waals surface area contributed by atoms with Gasteiger partial charge in [0.1, 0.15) is 5.75 Å². The number of benzene rings is 2. The van der Waals surface area contributed by atoms with Crippen LogP contribution in [0.25, 0.3) is 21.9 Å². The van der Waals surface area contributed by atoms with Crippen LogP contribution >= 0.6 is 0 Å². The molecule has 0 aliphatic heterocycles. The largest absolute Gasteiger partial charge is 0.497 e. The third kappa shape index (κ3) is 1.99. The van der Waals surface area contributed by atoms with Crippen molar-refractivity contribution in [2.45, 2.75) is 0 Å². The molecule has 1 heterocycles. The molecule has 0 radical (unpaired) electrons. The number of nitrogens with two attached hydrogens (primary N) is 1. The fourth-order valence-electron chi connectivity index (χ4n) is 2.24. The molecule has 19 heavy (non-hydrogen) atoms. The van der Waals surface area contributed by atoms with E-state index in [1.54, 1.807) is 13.3 Å². The van der Waals surface area contributed by atoms with Gasteiger partial charge in [-0.15, -0.1) is 0 Å². The standard InChI is InChI=1S/C16H14N2O/c1-19-13-4-2-3-11(9-13)14-6-5-12-10-18-8-7-15(12)16(14)17/h2-10H,17H2,1H3. The topological polar surface area (TPSA) is 48.1 Å². The molecule has 1 aromatic heterocycles. The van der Waals surface area contributed by atoms with Gasteiger partial charge >= 0.3 is 0 Å². The second-order valence-corrected chi connectivity index (χ2v) is 4.36. The molecule has 0 fully saturated rings. The van der Waals surface area contributed by atoms with Crippen molar-refractivity contribution < 1.29 is 4.74 Å². The SMILES string of the molecule is COc1cccc(-c2ccc3cnccc3c2N)c1. The van der Waals surface area contributed by atoms with Gasteiger partial charge in [-0.25, -0.2) is 0 Å². The van der Waals surface area contributed by atoms with E-state index in [0.717, 1.165) is 33.3 Å². The molecule has 0 atom stereocenters. The Hall–Kier alpha value is -2.55. The van der Waals surface area contributed by atoms with E-state index in [1.807, 2.05) is 48.7 Å². The van der Waals surface area contributed by atoms with Crippen LogP contribution in [0.5, 0.6) is 5.75 Å². The summed E-state index contributed by atoms with van der Waals surface area (Å²) in [7, 11) is 1.66. The Bertz CT molecular complexity index is 738. The molecular weight excluding hydrogens is 236 g/mol. The van der Waals surface area contributed by atoms with Crippen LogP contribution in [0.15, 0.2) is 54.9 Å². The minimum Gasteiger partial charge on any atom is -0.497 e. The van der Waals surface area contributed by atoms with Gasteiger partial charge in [0.2, 0.25) is 0 Å². The Morgan fingerprint density at radius 1 is 1.11 bits per heavy atom. The monoisotopic (exact) mass is 250 g/mol. The Kier molecular flexibility index (Phi) is 2.80. The average Bonchev–Trinajstić information content (AvgIpc) is 2.48. The zero-order chi connectivity index (χ0) is 13.2. The number of nitrogens with zero attached hydrogens (tertiary/aromatic N) is 1. The van der Waals surface area contributed by atoms with Crippen LogP contribution in [0.4, 0.5) is 5.69 Å². The number of aromatic nitrogens is 1. The molecule has 94 valence electrons. The summed E-state index contributed by atoms with van der Waals surface area (Å²) in [6, 6.07) is 13.9. The van der Waals surface area contributed by atoms with Crippen molar-refractivity contribution in [3.05, 3.63) is 54.9 Å². The summed E-state index contributed by atoms with van der Waals surface area (Å²) in [4.78, 5) is 4.11. The van der Waals surface area contributed by atoms with Crippen LogP contribution in [-0.2, 0) is 0 Å². The lowest BCUT2D eigenvalue weighted by atomic mass is 9.99. The third-order valence-electron chi connectivity index (χ3n) is 3.24. The lowest BCUT2D eigenvalue weighted by molar-refractivity contribution is 0.415. The Balaban J connectivity index is 2.22. The van der Waals surface area contributed by atoms with E-state index in [2.05, 4.69) is 4.98 Å². The highest BCUT2D eigenvalue weighted by Crippen LogP contribution is 2.33. The summed E-state index contributed by atoms with van der Waals surface area (Å²) in [5.41, 5.74) is 9.11. The van der Waals surface area contributed by atoms with Crippen molar-refractivity contribution >= 4 is 16.5 Å². The molecule has 0 spiro atoms. The molecule has 3 nitrogen and oxygen atoms in total. The number of ether oxygens (including phenoxy) is 1. The molecule has 2 N–H and O–H groups in total. The van der Waals surface area contributed by atoms with E-state index < -0.39 is 0 Å². The molecule has 3 heteroatoms. The highest BCUT2D eigenvalue weighted by atomic mass is 16.5. The van der Waals surface area contributed by atoms with E-state index in [1.165, 1.54) is 0 Å². The van der Waals surface area contributed by atoms with Crippen molar-refractivity contribution in [3.8, 4) is 16.9 Å². The quantitative estimate of drug-likeness (QED) is 0.708. The van der Waals surface area contributed by atoms with Crippen LogP contribution in [0, 0.1) is 0 Å². The molecule has 3 aromatic rings. The van der Waals surface area contributed by atoms with Crippen LogP contribution in [0.2, 0.25) is 0 Å². The normalized spacial score (nSPS) is 10.6. The van der Waals surface area contributed by atoms with Crippen molar-refractivity contribution in [3.63, 3.8) is 0 Å². The smallest absolute Gasteiger partial charge is 0.119 e. The molecular formula is C16H14N2O. The number of methoxy groups -OCH3 is 1. The number of nitrogen functional groups attached to an aromatic ring is 1. The van der Waals surface area contributed by atoms with Crippen LogP contribution in [0.1, 0.15) is 0 Å². The van der Waals surface area contributed by atoms with Gasteiger partial charge in [0.05, 0.1) is 7.11 Å². The Morgan fingerprint density at radius 2 is 2.00 bits per heavy atom. The molecule has 0 saturated heterocycles. The second-order valence-electron chi connectivity index (χ2n) is 4.36. The predicted molar refractivity (Wildman–Crippen MR) is 78.1 cm³/mol. The van der Waals surface area contributed by atoms with Crippen LogP contribution < -0.4 is 10.5 Å². The third-order valence-corrected chi connectivity index (χ3v) is 3.24. The zero-order valence-corrected chi connectivity index (χ0v) is 10.6. The molecule has 0 aliphatic rings. The van der Waals surface area contributed by atoms with Crippen LogP contribution in [-0.4, -0.2) is 12.1 Å². The van der Waals surface area contributed by atoms with Crippen molar-refractivity contribution in [1.29, 1.82) is 0 Å². The first-order valence-corrected chi connectivity index (χ1v) is 6.06. The zero-order valence-electron chi connectivity index (χ0n) is 10.6. The van der Waals surface area contributed by atoms with E-state index in [9.17, 15) is 0 Å². The summed E-state index contributed by atoms with van der Waals surface area (Å²) >= 11 is 0. The number of rotatable bonds is 2. The van der Waals surface area contributed by atoms with Gasteiger partial charge in [-0.2, -0.15) is 0 Å². The highest BCUT2D eigenvalue weighted by Gasteiger charge is 2.07. The maximum absolute atomic E-state index is 6.27. The lowest BCUT2D eigenvalue weighted by Crippen LogP contribution is -1.93. The minimum atomic E-state index is 0.771. The first-order chi connectivity index (χ1) is 9.29. The number of hydrogen-bond donors (Lipinski definition) is 1. The minimum absolute atomic E-state index is 0.771. The van der Waals surface area contributed by atoms with Gasteiger partial charge in [0, 0.05) is 34.4 Å². The van der Waals surface area contributed by atoms with Gasteiger partial charge in [-0.05, 0) is 23.8 Å². The predicted octanol–water partition coefficient (Wildman–Crippen LogP) is 3.49. The average molecular weight is 250 g/mol. The van der Waals surface area contributed by atoms with Gasteiger partial charge < -0.3 is 10.5 Å². The number of fused-ring (bicyclic) bond motifs is 1. The van der Waals surface area contributed by atoms with E-state index >= 15 is 0 Å². The van der Waals surface area contributed by atoms with Gasteiger partial charge in [0.15, 0.2) is 0 Å². The molecule has 0 bridgehead atoms. The van der Waals surface area contributed by atoms with Crippen LogP contribution in [0.3, 0.4) is 0 Å². The summed E-state index contributed by atoms with van der Waals surface area (Å²) < 4.78 is 5.25.